The number of rotatable bonds is 5. The van der Waals surface area contributed by atoms with Crippen LogP contribution in [0, 0.1) is 0 Å². The number of methoxy groups -OCH3 is 1. The molecule has 0 radical (unpaired) electrons. The summed E-state index contributed by atoms with van der Waals surface area (Å²) < 4.78 is 7.27. The van der Waals surface area contributed by atoms with Crippen LogP contribution in [0.5, 0.6) is 0 Å². The van der Waals surface area contributed by atoms with E-state index in [0.717, 1.165) is 44.7 Å². The van der Waals surface area contributed by atoms with E-state index in [1.165, 1.54) is 0 Å². The number of carbonyl (C=O) groups is 1. The first-order chi connectivity index (χ1) is 10.6. The molecule has 2 fully saturated rings. The number of nitrogens with zero attached hydrogens (tertiary/aromatic N) is 4. The Balaban J connectivity index is 1.70. The molecule has 2 saturated heterocycles. The van der Waals surface area contributed by atoms with Crippen LogP contribution in [0.4, 0.5) is 0 Å². The summed E-state index contributed by atoms with van der Waals surface area (Å²) in [5, 5.41) is 0. The highest BCUT2D eigenvalue weighted by Gasteiger charge is 2.47. The number of hydrogen-bond acceptors (Lipinski definition) is 4. The molecule has 0 N–H and O–H groups in total. The van der Waals surface area contributed by atoms with Gasteiger partial charge in [0.2, 0.25) is 5.91 Å². The van der Waals surface area contributed by atoms with Crippen LogP contribution in [0.2, 0.25) is 0 Å². The second kappa shape index (κ2) is 6.38. The normalized spacial score (nSPS) is 26.3. The molecule has 0 saturated carbocycles. The zero-order valence-electron chi connectivity index (χ0n) is 13.6. The minimum absolute atomic E-state index is 0.0129. The molecule has 3 rings (SSSR count). The molecule has 1 aromatic heterocycles. The summed E-state index contributed by atoms with van der Waals surface area (Å²) >= 11 is 0. The van der Waals surface area contributed by atoms with Crippen LogP contribution in [-0.2, 0) is 23.1 Å². The largest absolute Gasteiger partial charge is 0.383 e. The van der Waals surface area contributed by atoms with Crippen molar-refractivity contribution < 1.29 is 9.53 Å². The van der Waals surface area contributed by atoms with Gasteiger partial charge in [0.25, 0.3) is 0 Å². The third-order valence-corrected chi connectivity index (χ3v) is 5.12. The van der Waals surface area contributed by atoms with Crippen molar-refractivity contribution in [3.63, 3.8) is 0 Å². The highest BCUT2D eigenvalue weighted by atomic mass is 16.5. The van der Waals surface area contributed by atoms with Crippen molar-refractivity contribution in [2.45, 2.75) is 37.8 Å². The van der Waals surface area contributed by atoms with E-state index in [0.29, 0.717) is 19.6 Å². The van der Waals surface area contributed by atoms with Crippen molar-refractivity contribution in [2.75, 3.05) is 33.4 Å². The van der Waals surface area contributed by atoms with Gasteiger partial charge >= 0.3 is 0 Å². The van der Waals surface area contributed by atoms with Crippen molar-refractivity contribution in [3.8, 4) is 0 Å². The van der Waals surface area contributed by atoms with Crippen LogP contribution >= 0.6 is 0 Å². The number of hydrogen-bond donors (Lipinski definition) is 0. The molecule has 1 unspecified atom stereocenters. The van der Waals surface area contributed by atoms with Crippen molar-refractivity contribution >= 4 is 5.91 Å². The summed E-state index contributed by atoms with van der Waals surface area (Å²) in [6.07, 6.45) is 7.74. The molecule has 6 heteroatoms. The average molecular weight is 306 g/mol. The third kappa shape index (κ3) is 2.90. The molecule has 1 aromatic rings. The summed E-state index contributed by atoms with van der Waals surface area (Å²) in [7, 11) is 3.73. The number of carbonyl (C=O) groups excluding carboxylic acids is 1. The predicted octanol–water partition coefficient (Wildman–Crippen LogP) is 1.02. The maximum Gasteiger partial charge on any atom is 0.223 e. The van der Waals surface area contributed by atoms with Gasteiger partial charge in [-0.3, -0.25) is 9.69 Å². The van der Waals surface area contributed by atoms with Crippen molar-refractivity contribution in [1.29, 1.82) is 0 Å². The van der Waals surface area contributed by atoms with E-state index < -0.39 is 0 Å². The van der Waals surface area contributed by atoms with Gasteiger partial charge in [-0.15, -0.1) is 0 Å². The van der Waals surface area contributed by atoms with E-state index in [9.17, 15) is 4.79 Å². The summed E-state index contributed by atoms with van der Waals surface area (Å²) in [6, 6.07) is 0. The van der Waals surface area contributed by atoms with E-state index in [-0.39, 0.29) is 11.4 Å². The lowest BCUT2D eigenvalue weighted by atomic mass is 9.86. The minimum Gasteiger partial charge on any atom is -0.383 e. The number of imidazole rings is 1. The standard InChI is InChI=1S/C16H26N4O2/c1-18-9-7-17-14(18)12-19-8-3-5-16(13-19)6-4-15(21)20(16)10-11-22-2/h7,9H,3-6,8,10-13H2,1-2H3. The van der Waals surface area contributed by atoms with Crippen LogP contribution in [0.3, 0.4) is 0 Å². The van der Waals surface area contributed by atoms with Crippen molar-refractivity contribution in [2.24, 2.45) is 7.05 Å². The Bertz CT molecular complexity index is 530. The molecule has 0 aromatic carbocycles. The predicted molar refractivity (Wildman–Crippen MR) is 83.3 cm³/mol. The molecule has 0 aliphatic carbocycles. The molecule has 1 atom stereocenters. The lowest BCUT2D eigenvalue weighted by molar-refractivity contribution is -0.133. The second-order valence-electron chi connectivity index (χ2n) is 6.53. The smallest absolute Gasteiger partial charge is 0.223 e. The first-order valence-corrected chi connectivity index (χ1v) is 8.13. The first kappa shape index (κ1) is 15.5. The van der Waals surface area contributed by atoms with Gasteiger partial charge in [-0.05, 0) is 25.8 Å². The van der Waals surface area contributed by atoms with Gasteiger partial charge in [0.15, 0.2) is 0 Å². The molecule has 2 aliphatic heterocycles. The highest BCUT2D eigenvalue weighted by molar-refractivity contribution is 5.79. The average Bonchev–Trinajstić information content (AvgIpc) is 3.03. The molecular weight excluding hydrogens is 280 g/mol. The summed E-state index contributed by atoms with van der Waals surface area (Å²) in [4.78, 5) is 21.2. The summed E-state index contributed by atoms with van der Waals surface area (Å²) in [5.74, 6) is 1.38. The number of piperidine rings is 1. The zero-order valence-corrected chi connectivity index (χ0v) is 13.6. The van der Waals surface area contributed by atoms with Crippen LogP contribution in [0.1, 0.15) is 31.5 Å². The Morgan fingerprint density at radius 1 is 1.41 bits per heavy atom. The van der Waals surface area contributed by atoms with Gasteiger partial charge in [-0.2, -0.15) is 0 Å². The first-order valence-electron chi connectivity index (χ1n) is 8.13. The third-order valence-electron chi connectivity index (χ3n) is 5.12. The maximum atomic E-state index is 12.3. The Morgan fingerprint density at radius 3 is 3.00 bits per heavy atom. The fourth-order valence-corrected chi connectivity index (χ4v) is 3.93. The molecule has 6 nitrogen and oxygen atoms in total. The SMILES string of the molecule is COCCN1C(=O)CCC12CCCN(Cc1nccn1C)C2. The molecule has 0 bridgehead atoms. The fraction of sp³-hybridized carbons (Fsp3) is 0.750. The Kier molecular flexibility index (Phi) is 4.49. The van der Waals surface area contributed by atoms with Crippen LogP contribution in [0.25, 0.3) is 0 Å². The van der Waals surface area contributed by atoms with Crippen molar-refractivity contribution in [1.82, 2.24) is 19.4 Å². The van der Waals surface area contributed by atoms with Crippen LogP contribution < -0.4 is 0 Å². The highest BCUT2D eigenvalue weighted by Crippen LogP contribution is 2.38. The van der Waals surface area contributed by atoms with Crippen LogP contribution in [-0.4, -0.2) is 64.1 Å². The molecule has 1 amide bonds. The van der Waals surface area contributed by atoms with Gasteiger partial charge < -0.3 is 14.2 Å². The minimum atomic E-state index is 0.0129. The monoisotopic (exact) mass is 306 g/mol. The van der Waals surface area contributed by atoms with Crippen LogP contribution in [0.15, 0.2) is 12.4 Å². The van der Waals surface area contributed by atoms with Gasteiger partial charge in [-0.25, -0.2) is 4.98 Å². The quantitative estimate of drug-likeness (QED) is 0.815. The lowest BCUT2D eigenvalue weighted by Crippen LogP contribution is -2.57. The van der Waals surface area contributed by atoms with Gasteiger partial charge in [-0.1, -0.05) is 0 Å². The Morgan fingerprint density at radius 2 is 2.27 bits per heavy atom. The fourth-order valence-electron chi connectivity index (χ4n) is 3.93. The van der Waals surface area contributed by atoms with E-state index in [1.807, 2.05) is 19.4 Å². The second-order valence-corrected chi connectivity index (χ2v) is 6.53. The molecule has 122 valence electrons. The van der Waals surface area contributed by atoms with E-state index >= 15 is 0 Å². The Hall–Kier alpha value is -1.40. The number of ether oxygens (including phenoxy) is 1. The number of likely N-dealkylation sites (tertiary alicyclic amines) is 2. The molecule has 3 heterocycles. The molecule has 22 heavy (non-hydrogen) atoms. The van der Waals surface area contributed by atoms with Gasteiger partial charge in [0.1, 0.15) is 5.82 Å². The molecular formula is C16H26N4O2. The van der Waals surface area contributed by atoms with E-state index in [1.54, 1.807) is 7.11 Å². The summed E-state index contributed by atoms with van der Waals surface area (Å²) in [5.41, 5.74) is 0.0129. The topological polar surface area (TPSA) is 50.6 Å². The number of aryl methyl sites for hydroxylation is 1. The Labute approximate surface area is 132 Å². The zero-order chi connectivity index (χ0) is 15.6. The number of aromatic nitrogens is 2. The van der Waals surface area contributed by atoms with E-state index in [4.69, 9.17) is 4.74 Å². The van der Waals surface area contributed by atoms with Gasteiger partial charge in [0.05, 0.1) is 18.7 Å². The van der Waals surface area contributed by atoms with E-state index in [2.05, 4.69) is 19.4 Å². The van der Waals surface area contributed by atoms with Gasteiger partial charge in [0, 0.05) is 46.1 Å². The molecule has 1 spiro atoms. The summed E-state index contributed by atoms with van der Waals surface area (Å²) in [6.45, 7) is 4.23. The van der Waals surface area contributed by atoms with Crippen molar-refractivity contribution in [3.05, 3.63) is 18.2 Å². The lowest BCUT2D eigenvalue weighted by Gasteiger charge is -2.45. The molecule has 2 aliphatic rings. The maximum absolute atomic E-state index is 12.3. The number of amides is 1.